The Hall–Kier alpha value is -0.780. The van der Waals surface area contributed by atoms with Crippen molar-refractivity contribution >= 4 is 37.2 Å². The van der Waals surface area contributed by atoms with Crippen LogP contribution in [0.5, 0.6) is 0 Å². The number of benzene rings is 1. The van der Waals surface area contributed by atoms with Crippen molar-refractivity contribution in [2.24, 2.45) is 5.92 Å². The molecule has 0 N–H and O–H groups in total. The van der Waals surface area contributed by atoms with Gasteiger partial charge in [0.25, 0.3) is 15.0 Å². The van der Waals surface area contributed by atoms with Gasteiger partial charge in [-0.25, -0.2) is 8.42 Å². The fraction of sp³-hybridized carbons (Fsp3) is 0.500. The Morgan fingerprint density at radius 3 is 2.57 bits per heavy atom. The predicted octanol–water partition coefficient (Wildman–Crippen LogP) is 3.53. The second kappa shape index (κ2) is 6.15. The Labute approximate surface area is 134 Å². The molecule has 1 amide bonds. The zero-order chi connectivity index (χ0) is 15.8. The average Bonchev–Trinajstić information content (AvgIpc) is 2.40. The zero-order valence-corrected chi connectivity index (χ0v) is 14.2. The molecule has 2 rings (SSSR count). The molecular weight excluding hydrogens is 333 g/mol. The minimum Gasteiger partial charge on any atom is -0.336 e. The zero-order valence-electron chi connectivity index (χ0n) is 11.8. The van der Waals surface area contributed by atoms with E-state index in [9.17, 15) is 13.2 Å². The lowest BCUT2D eigenvalue weighted by Crippen LogP contribution is -2.45. The summed E-state index contributed by atoms with van der Waals surface area (Å²) in [6.07, 6.45) is 2.01. The third kappa shape index (κ3) is 3.71. The number of carbonyl (C=O) groups excluding carboxylic acids is 1. The minimum absolute atomic E-state index is 0.112. The van der Waals surface area contributed by atoms with Crippen molar-refractivity contribution in [1.29, 1.82) is 0 Å². The summed E-state index contributed by atoms with van der Waals surface area (Å²) in [6.45, 7) is 4.72. The average molecular weight is 350 g/mol. The Kier molecular flexibility index (Phi) is 4.85. The molecule has 0 saturated carbocycles. The van der Waals surface area contributed by atoms with Gasteiger partial charge in [0.1, 0.15) is 0 Å². The fourth-order valence-corrected chi connectivity index (χ4v) is 3.52. The molecule has 21 heavy (non-hydrogen) atoms. The van der Waals surface area contributed by atoms with Gasteiger partial charge in [-0.3, -0.25) is 4.79 Å². The van der Waals surface area contributed by atoms with Gasteiger partial charge in [-0.15, -0.1) is 0 Å². The molecular formula is C14H17Cl2NO3S. The summed E-state index contributed by atoms with van der Waals surface area (Å²) in [7, 11) is 1.44. The molecule has 0 bridgehead atoms. The number of nitrogens with zero attached hydrogens (tertiary/aromatic N) is 1. The Morgan fingerprint density at radius 2 is 1.95 bits per heavy atom. The molecule has 0 spiro atoms. The SMILES string of the molecule is CC1CCC(C)N(C(=O)c2cc(S(=O)(=O)Cl)ccc2Cl)C1. The molecule has 1 aromatic rings. The van der Waals surface area contributed by atoms with Crippen molar-refractivity contribution in [2.45, 2.75) is 37.6 Å². The number of piperidine rings is 1. The highest BCUT2D eigenvalue weighted by Crippen LogP contribution is 2.28. The second-order valence-electron chi connectivity index (χ2n) is 5.57. The van der Waals surface area contributed by atoms with E-state index in [-0.39, 0.29) is 27.4 Å². The van der Waals surface area contributed by atoms with E-state index in [1.165, 1.54) is 18.2 Å². The van der Waals surface area contributed by atoms with Crippen LogP contribution >= 0.6 is 22.3 Å². The van der Waals surface area contributed by atoms with Gasteiger partial charge in [0, 0.05) is 23.3 Å². The highest BCUT2D eigenvalue weighted by Gasteiger charge is 2.29. The van der Waals surface area contributed by atoms with Gasteiger partial charge in [0.2, 0.25) is 0 Å². The number of hydrogen-bond donors (Lipinski definition) is 0. The Balaban J connectivity index is 2.38. The van der Waals surface area contributed by atoms with Crippen molar-refractivity contribution in [3.05, 3.63) is 28.8 Å². The van der Waals surface area contributed by atoms with E-state index in [0.29, 0.717) is 12.5 Å². The monoisotopic (exact) mass is 349 g/mol. The van der Waals surface area contributed by atoms with E-state index in [1.54, 1.807) is 4.90 Å². The Bertz CT molecular complexity index is 660. The van der Waals surface area contributed by atoms with Crippen LogP contribution in [0.15, 0.2) is 23.1 Å². The highest BCUT2D eigenvalue weighted by molar-refractivity contribution is 8.13. The van der Waals surface area contributed by atoms with Gasteiger partial charge in [-0.05, 0) is 43.9 Å². The molecule has 7 heteroatoms. The van der Waals surface area contributed by atoms with E-state index < -0.39 is 9.05 Å². The molecule has 1 aliphatic heterocycles. The number of halogens is 2. The van der Waals surface area contributed by atoms with Gasteiger partial charge in [0.15, 0.2) is 0 Å². The van der Waals surface area contributed by atoms with Crippen LogP contribution in [-0.4, -0.2) is 31.8 Å². The van der Waals surface area contributed by atoms with E-state index in [1.807, 2.05) is 6.92 Å². The summed E-state index contributed by atoms with van der Waals surface area (Å²) in [6, 6.07) is 4.05. The first-order chi connectivity index (χ1) is 9.70. The van der Waals surface area contributed by atoms with Crippen LogP contribution in [0.25, 0.3) is 0 Å². The van der Waals surface area contributed by atoms with Crippen molar-refractivity contribution in [3.8, 4) is 0 Å². The lowest BCUT2D eigenvalue weighted by Gasteiger charge is -2.37. The van der Waals surface area contributed by atoms with E-state index >= 15 is 0 Å². The second-order valence-corrected chi connectivity index (χ2v) is 8.54. The maximum Gasteiger partial charge on any atom is 0.261 e. The van der Waals surface area contributed by atoms with Crippen molar-refractivity contribution in [1.82, 2.24) is 4.90 Å². The fourth-order valence-electron chi connectivity index (χ4n) is 2.55. The minimum atomic E-state index is -3.89. The first-order valence-corrected chi connectivity index (χ1v) is 9.44. The normalized spacial score (nSPS) is 23.1. The highest BCUT2D eigenvalue weighted by atomic mass is 35.7. The summed E-state index contributed by atoms with van der Waals surface area (Å²) in [4.78, 5) is 14.3. The summed E-state index contributed by atoms with van der Waals surface area (Å²) >= 11 is 6.06. The smallest absolute Gasteiger partial charge is 0.261 e. The van der Waals surface area contributed by atoms with Gasteiger partial charge in [-0.2, -0.15) is 0 Å². The molecule has 0 aromatic heterocycles. The van der Waals surface area contributed by atoms with Crippen LogP contribution in [0.4, 0.5) is 0 Å². The number of carbonyl (C=O) groups is 1. The summed E-state index contributed by atoms with van der Waals surface area (Å²) in [5.41, 5.74) is 0.180. The maximum absolute atomic E-state index is 12.7. The van der Waals surface area contributed by atoms with Gasteiger partial charge >= 0.3 is 0 Å². The van der Waals surface area contributed by atoms with E-state index in [2.05, 4.69) is 6.92 Å². The molecule has 116 valence electrons. The number of likely N-dealkylation sites (tertiary alicyclic amines) is 1. The largest absolute Gasteiger partial charge is 0.336 e. The van der Waals surface area contributed by atoms with Gasteiger partial charge in [0.05, 0.1) is 15.5 Å². The molecule has 4 nitrogen and oxygen atoms in total. The van der Waals surface area contributed by atoms with Gasteiger partial charge < -0.3 is 4.90 Å². The third-order valence-electron chi connectivity index (χ3n) is 3.83. The quantitative estimate of drug-likeness (QED) is 0.767. The third-order valence-corrected chi connectivity index (χ3v) is 5.51. The molecule has 1 fully saturated rings. The lowest BCUT2D eigenvalue weighted by molar-refractivity contribution is 0.0574. The number of rotatable bonds is 2. The number of hydrogen-bond acceptors (Lipinski definition) is 3. The molecule has 0 aliphatic carbocycles. The molecule has 1 aromatic carbocycles. The van der Waals surface area contributed by atoms with Crippen LogP contribution in [0.1, 0.15) is 37.0 Å². The maximum atomic E-state index is 12.7. The van der Waals surface area contributed by atoms with Crippen molar-refractivity contribution < 1.29 is 13.2 Å². The van der Waals surface area contributed by atoms with Crippen LogP contribution in [0.2, 0.25) is 5.02 Å². The predicted molar refractivity (Wildman–Crippen MR) is 83.4 cm³/mol. The summed E-state index contributed by atoms with van der Waals surface area (Å²) in [5, 5.41) is 0.231. The molecule has 1 aliphatic rings. The van der Waals surface area contributed by atoms with Crippen LogP contribution in [0.3, 0.4) is 0 Å². The van der Waals surface area contributed by atoms with Crippen LogP contribution in [0, 0.1) is 5.92 Å². The Morgan fingerprint density at radius 1 is 1.29 bits per heavy atom. The van der Waals surface area contributed by atoms with E-state index in [4.69, 9.17) is 22.3 Å². The summed E-state index contributed by atoms with van der Waals surface area (Å²) in [5.74, 6) is 0.171. The molecule has 2 atom stereocenters. The van der Waals surface area contributed by atoms with Crippen molar-refractivity contribution in [3.63, 3.8) is 0 Å². The van der Waals surface area contributed by atoms with Crippen LogP contribution in [-0.2, 0) is 9.05 Å². The molecule has 0 radical (unpaired) electrons. The van der Waals surface area contributed by atoms with Crippen molar-refractivity contribution in [2.75, 3.05) is 6.54 Å². The first-order valence-electron chi connectivity index (χ1n) is 6.75. The molecule has 1 saturated heterocycles. The van der Waals surface area contributed by atoms with E-state index in [0.717, 1.165) is 12.8 Å². The molecule has 1 heterocycles. The lowest BCUT2D eigenvalue weighted by atomic mass is 9.94. The molecule has 2 unspecified atom stereocenters. The number of amides is 1. The standard InChI is InChI=1S/C14H17Cl2NO3S/c1-9-3-4-10(2)17(8-9)14(18)12-7-11(21(16,19)20)5-6-13(12)15/h5-7,9-10H,3-4,8H2,1-2H3. The summed E-state index contributed by atoms with van der Waals surface area (Å²) < 4.78 is 22.8. The first kappa shape index (κ1) is 16.6. The van der Waals surface area contributed by atoms with Crippen LogP contribution < -0.4 is 0 Å². The topological polar surface area (TPSA) is 54.5 Å². The van der Waals surface area contributed by atoms with Gasteiger partial charge in [-0.1, -0.05) is 18.5 Å².